The number of anilines is 1. The molecule has 1 heterocycles. The van der Waals surface area contributed by atoms with Gasteiger partial charge in [-0.1, -0.05) is 12.1 Å². The van der Waals surface area contributed by atoms with E-state index in [1.165, 1.54) is 4.68 Å². The van der Waals surface area contributed by atoms with Crippen LogP contribution in [-0.2, 0) is 7.05 Å². The van der Waals surface area contributed by atoms with E-state index in [0.717, 1.165) is 5.56 Å². The summed E-state index contributed by atoms with van der Waals surface area (Å²) in [6.45, 7) is 0. The first-order chi connectivity index (χ1) is 12.5. The van der Waals surface area contributed by atoms with E-state index in [4.69, 9.17) is 10.5 Å². The summed E-state index contributed by atoms with van der Waals surface area (Å²) in [5.74, 6) is -0.105. The normalized spacial score (nSPS) is 10.4. The fourth-order valence-electron chi connectivity index (χ4n) is 2.52. The molecule has 2 amide bonds. The standard InChI is InChI=1S/C19H18N4O3/c1-23-17(11-16(22-23)13-4-3-5-15(10-13)26-2)19(25)21-14-8-6-12(7-9-14)18(20)24/h3-11H,1-2H3,(H2,20,24)(H,21,25). The maximum absolute atomic E-state index is 12.5. The van der Waals surface area contributed by atoms with Gasteiger partial charge < -0.3 is 15.8 Å². The number of primary amides is 1. The molecule has 0 fully saturated rings. The Morgan fingerprint density at radius 1 is 1.12 bits per heavy atom. The Hall–Kier alpha value is -3.61. The third-order valence-corrected chi connectivity index (χ3v) is 3.91. The number of aryl methyl sites for hydroxylation is 1. The molecule has 0 aliphatic rings. The summed E-state index contributed by atoms with van der Waals surface area (Å²) in [6, 6.07) is 15.5. The van der Waals surface area contributed by atoms with Gasteiger partial charge in [0, 0.05) is 23.9 Å². The molecule has 0 saturated heterocycles. The second-order valence-corrected chi connectivity index (χ2v) is 5.67. The lowest BCUT2D eigenvalue weighted by Crippen LogP contribution is -2.16. The van der Waals surface area contributed by atoms with E-state index in [0.29, 0.717) is 28.4 Å². The summed E-state index contributed by atoms with van der Waals surface area (Å²) in [4.78, 5) is 23.6. The van der Waals surface area contributed by atoms with Crippen LogP contribution in [0.25, 0.3) is 11.3 Å². The number of hydrogen-bond acceptors (Lipinski definition) is 4. The molecule has 0 aliphatic heterocycles. The number of benzene rings is 2. The second-order valence-electron chi connectivity index (χ2n) is 5.67. The van der Waals surface area contributed by atoms with Gasteiger partial charge in [-0.15, -0.1) is 0 Å². The van der Waals surface area contributed by atoms with E-state index in [-0.39, 0.29) is 5.91 Å². The van der Waals surface area contributed by atoms with Gasteiger partial charge in [-0.3, -0.25) is 14.3 Å². The highest BCUT2D eigenvalue weighted by Gasteiger charge is 2.15. The molecule has 0 spiro atoms. The molecule has 2 aromatic carbocycles. The molecule has 0 unspecified atom stereocenters. The number of nitrogens with two attached hydrogens (primary N) is 1. The first kappa shape index (κ1) is 17.2. The van der Waals surface area contributed by atoms with Crippen LogP contribution < -0.4 is 15.8 Å². The predicted molar refractivity (Wildman–Crippen MR) is 98.1 cm³/mol. The highest BCUT2D eigenvalue weighted by atomic mass is 16.5. The number of aromatic nitrogens is 2. The van der Waals surface area contributed by atoms with Crippen molar-refractivity contribution in [1.82, 2.24) is 9.78 Å². The molecule has 0 atom stereocenters. The molecule has 3 N–H and O–H groups in total. The number of carbonyl (C=O) groups is 2. The largest absolute Gasteiger partial charge is 0.497 e. The minimum atomic E-state index is -0.516. The summed E-state index contributed by atoms with van der Waals surface area (Å²) >= 11 is 0. The van der Waals surface area contributed by atoms with Crippen molar-refractivity contribution in [3.8, 4) is 17.0 Å². The topological polar surface area (TPSA) is 99.2 Å². The van der Waals surface area contributed by atoms with Gasteiger partial charge in [0.25, 0.3) is 5.91 Å². The number of nitrogens with one attached hydrogen (secondary N) is 1. The fraction of sp³-hybridized carbons (Fsp3) is 0.105. The zero-order chi connectivity index (χ0) is 18.7. The predicted octanol–water partition coefficient (Wildman–Crippen LogP) is 2.45. The van der Waals surface area contributed by atoms with Crippen LogP contribution in [0.1, 0.15) is 20.8 Å². The van der Waals surface area contributed by atoms with Crippen molar-refractivity contribution in [2.75, 3.05) is 12.4 Å². The lowest BCUT2D eigenvalue weighted by atomic mass is 10.1. The van der Waals surface area contributed by atoms with Gasteiger partial charge in [-0.2, -0.15) is 5.10 Å². The van der Waals surface area contributed by atoms with E-state index in [1.54, 1.807) is 44.5 Å². The van der Waals surface area contributed by atoms with Crippen LogP contribution >= 0.6 is 0 Å². The molecule has 132 valence electrons. The number of rotatable bonds is 5. The number of ether oxygens (including phenoxy) is 1. The Kier molecular flexibility index (Phi) is 4.70. The number of nitrogens with zero attached hydrogens (tertiary/aromatic N) is 2. The lowest BCUT2D eigenvalue weighted by Gasteiger charge is -2.05. The molecule has 1 aromatic heterocycles. The Labute approximate surface area is 150 Å². The fourth-order valence-corrected chi connectivity index (χ4v) is 2.52. The Balaban J connectivity index is 1.81. The van der Waals surface area contributed by atoms with Crippen molar-refractivity contribution in [2.45, 2.75) is 0 Å². The average molecular weight is 350 g/mol. The summed E-state index contributed by atoms with van der Waals surface area (Å²) < 4.78 is 6.74. The maximum atomic E-state index is 12.5. The zero-order valence-electron chi connectivity index (χ0n) is 14.4. The minimum Gasteiger partial charge on any atom is -0.497 e. The van der Waals surface area contributed by atoms with E-state index in [1.807, 2.05) is 24.3 Å². The Morgan fingerprint density at radius 3 is 2.50 bits per heavy atom. The zero-order valence-corrected chi connectivity index (χ0v) is 14.4. The van der Waals surface area contributed by atoms with Crippen LogP contribution in [0.5, 0.6) is 5.75 Å². The van der Waals surface area contributed by atoms with E-state index >= 15 is 0 Å². The van der Waals surface area contributed by atoms with Gasteiger partial charge in [0.05, 0.1) is 12.8 Å². The van der Waals surface area contributed by atoms with Crippen molar-refractivity contribution in [3.05, 3.63) is 65.9 Å². The summed E-state index contributed by atoms with van der Waals surface area (Å²) in [7, 11) is 3.30. The molecule has 7 heteroatoms. The highest BCUT2D eigenvalue weighted by Crippen LogP contribution is 2.23. The van der Waals surface area contributed by atoms with Crippen molar-refractivity contribution in [2.24, 2.45) is 12.8 Å². The number of carbonyl (C=O) groups excluding carboxylic acids is 2. The SMILES string of the molecule is COc1cccc(-c2cc(C(=O)Nc3ccc(C(N)=O)cc3)n(C)n2)c1. The molecule has 3 rings (SSSR count). The monoisotopic (exact) mass is 350 g/mol. The van der Waals surface area contributed by atoms with E-state index in [2.05, 4.69) is 10.4 Å². The van der Waals surface area contributed by atoms with E-state index < -0.39 is 5.91 Å². The summed E-state index contributed by atoms with van der Waals surface area (Å²) in [5, 5.41) is 7.17. The van der Waals surface area contributed by atoms with Gasteiger partial charge in [0.2, 0.25) is 5.91 Å². The summed E-state index contributed by atoms with van der Waals surface area (Å²) in [5.41, 5.74) is 8.07. The van der Waals surface area contributed by atoms with Crippen LogP contribution in [0.15, 0.2) is 54.6 Å². The van der Waals surface area contributed by atoms with E-state index in [9.17, 15) is 9.59 Å². The number of hydrogen-bond donors (Lipinski definition) is 2. The number of methoxy groups -OCH3 is 1. The van der Waals surface area contributed by atoms with Crippen LogP contribution in [0, 0.1) is 0 Å². The van der Waals surface area contributed by atoms with Gasteiger partial charge >= 0.3 is 0 Å². The summed E-state index contributed by atoms with van der Waals surface area (Å²) in [6.07, 6.45) is 0. The molecule has 0 aliphatic carbocycles. The Bertz CT molecular complexity index is 961. The quantitative estimate of drug-likeness (QED) is 0.738. The average Bonchev–Trinajstić information content (AvgIpc) is 3.04. The van der Waals surface area contributed by atoms with Gasteiger partial charge in [0.1, 0.15) is 11.4 Å². The molecule has 0 bridgehead atoms. The second kappa shape index (κ2) is 7.10. The van der Waals surface area contributed by atoms with Crippen molar-refractivity contribution < 1.29 is 14.3 Å². The van der Waals surface area contributed by atoms with Crippen molar-refractivity contribution in [3.63, 3.8) is 0 Å². The first-order valence-corrected chi connectivity index (χ1v) is 7.87. The highest BCUT2D eigenvalue weighted by molar-refractivity contribution is 6.04. The lowest BCUT2D eigenvalue weighted by molar-refractivity contribution is 0.0997. The third kappa shape index (κ3) is 3.56. The van der Waals surface area contributed by atoms with Crippen LogP contribution in [-0.4, -0.2) is 28.7 Å². The van der Waals surface area contributed by atoms with Crippen molar-refractivity contribution in [1.29, 1.82) is 0 Å². The molecular weight excluding hydrogens is 332 g/mol. The van der Waals surface area contributed by atoms with Crippen LogP contribution in [0.2, 0.25) is 0 Å². The Morgan fingerprint density at radius 2 is 1.85 bits per heavy atom. The maximum Gasteiger partial charge on any atom is 0.273 e. The molecule has 7 nitrogen and oxygen atoms in total. The first-order valence-electron chi connectivity index (χ1n) is 7.87. The van der Waals surface area contributed by atoms with Crippen LogP contribution in [0.4, 0.5) is 5.69 Å². The van der Waals surface area contributed by atoms with Gasteiger partial charge in [-0.05, 0) is 42.5 Å². The molecular formula is C19H18N4O3. The smallest absolute Gasteiger partial charge is 0.273 e. The van der Waals surface area contributed by atoms with Gasteiger partial charge in [-0.25, -0.2) is 0 Å². The van der Waals surface area contributed by atoms with Crippen LogP contribution in [0.3, 0.4) is 0 Å². The minimum absolute atomic E-state index is 0.305. The molecule has 0 radical (unpaired) electrons. The number of amides is 2. The molecule has 0 saturated carbocycles. The van der Waals surface area contributed by atoms with Crippen molar-refractivity contribution >= 4 is 17.5 Å². The molecule has 26 heavy (non-hydrogen) atoms. The molecule has 3 aromatic rings. The third-order valence-electron chi connectivity index (χ3n) is 3.91. The van der Waals surface area contributed by atoms with Gasteiger partial charge in [0.15, 0.2) is 0 Å².